The Labute approximate surface area is 189 Å². The van der Waals surface area contributed by atoms with Crippen LogP contribution in [-0.4, -0.2) is 50.2 Å². The van der Waals surface area contributed by atoms with Crippen molar-refractivity contribution in [3.8, 4) is 5.75 Å². The lowest BCUT2D eigenvalue weighted by Gasteiger charge is -2.38. The molecule has 1 fully saturated rings. The van der Waals surface area contributed by atoms with Crippen molar-refractivity contribution in [2.45, 2.75) is 89.8 Å². The first-order chi connectivity index (χ1) is 14.1. The summed E-state index contributed by atoms with van der Waals surface area (Å²) < 4.78 is 17.8. The van der Waals surface area contributed by atoms with Gasteiger partial charge >= 0.3 is 6.09 Å². The number of hydrogen-bond donors (Lipinski definition) is 0. The van der Waals surface area contributed by atoms with Crippen molar-refractivity contribution in [1.29, 1.82) is 0 Å². The first kappa shape index (κ1) is 25.5. The molecule has 2 rings (SSSR count). The molecule has 0 saturated carbocycles. The molecule has 1 aliphatic rings. The van der Waals surface area contributed by atoms with E-state index in [1.165, 1.54) is 0 Å². The quantitative estimate of drug-likeness (QED) is 0.385. The molecular weight excluding hydrogens is 406 g/mol. The van der Waals surface area contributed by atoms with Gasteiger partial charge < -0.3 is 13.9 Å². The normalized spacial score (nSPS) is 22.4. The van der Waals surface area contributed by atoms with Gasteiger partial charge in [0, 0.05) is 13.0 Å². The van der Waals surface area contributed by atoms with Gasteiger partial charge in [-0.05, 0) is 63.0 Å². The van der Waals surface area contributed by atoms with Crippen LogP contribution in [0.1, 0.15) is 53.5 Å². The highest BCUT2D eigenvalue weighted by Crippen LogP contribution is 2.42. The highest BCUT2D eigenvalue weighted by atomic mass is 28.4. The minimum atomic E-state index is -1.99. The zero-order valence-corrected chi connectivity index (χ0v) is 21.9. The minimum Gasteiger partial charge on any atom is -0.497 e. The summed E-state index contributed by atoms with van der Waals surface area (Å²) in [6, 6.07) is 7.98. The first-order valence-electron chi connectivity index (χ1n) is 11.1. The highest BCUT2D eigenvalue weighted by molar-refractivity contribution is 6.74. The molecule has 1 amide bonds. The Morgan fingerprint density at radius 1 is 1.19 bits per heavy atom. The maximum Gasteiger partial charge on any atom is 0.411 e. The summed E-state index contributed by atoms with van der Waals surface area (Å²) in [6.45, 7) is 21.5. The van der Waals surface area contributed by atoms with Gasteiger partial charge in [0.1, 0.15) is 11.4 Å². The second kappa shape index (κ2) is 8.98. The molecule has 2 atom stereocenters. The number of rotatable bonds is 6. The number of carbonyl (C=O) groups excluding carboxylic acids is 1. The van der Waals surface area contributed by atoms with Gasteiger partial charge in [-0.2, -0.15) is 0 Å². The Balaban J connectivity index is 2.36. The van der Waals surface area contributed by atoms with Crippen LogP contribution in [0, 0.1) is 0 Å². The molecule has 0 aromatic heterocycles. The molecular formula is C25H41NO4Si. The third kappa shape index (κ3) is 6.13. The van der Waals surface area contributed by atoms with E-state index in [2.05, 4.69) is 40.4 Å². The minimum absolute atomic E-state index is 0.0512. The van der Waals surface area contributed by atoms with E-state index in [9.17, 15) is 4.79 Å². The molecule has 0 radical (unpaired) electrons. The molecule has 0 N–H and O–H groups in total. The van der Waals surface area contributed by atoms with Crippen LogP contribution >= 0.6 is 0 Å². The van der Waals surface area contributed by atoms with Crippen molar-refractivity contribution in [3.05, 3.63) is 42.5 Å². The lowest BCUT2D eigenvalue weighted by Crippen LogP contribution is -2.49. The van der Waals surface area contributed by atoms with E-state index in [0.717, 1.165) is 11.3 Å². The summed E-state index contributed by atoms with van der Waals surface area (Å²) in [7, 11) is -0.333. The van der Waals surface area contributed by atoms with Gasteiger partial charge in [0.05, 0.1) is 18.8 Å². The number of benzene rings is 1. The molecule has 31 heavy (non-hydrogen) atoms. The lowest BCUT2D eigenvalue weighted by molar-refractivity contribution is 0.0138. The molecule has 0 spiro atoms. The van der Waals surface area contributed by atoms with E-state index < -0.39 is 19.5 Å². The van der Waals surface area contributed by atoms with Crippen molar-refractivity contribution in [2.75, 3.05) is 13.7 Å². The summed E-state index contributed by atoms with van der Waals surface area (Å²) in [5.41, 5.74) is -0.0193. The molecule has 1 saturated heterocycles. The van der Waals surface area contributed by atoms with Gasteiger partial charge in [0.15, 0.2) is 8.32 Å². The van der Waals surface area contributed by atoms with E-state index >= 15 is 0 Å². The number of hydrogen-bond acceptors (Lipinski definition) is 4. The van der Waals surface area contributed by atoms with Gasteiger partial charge in [-0.1, -0.05) is 39.0 Å². The fourth-order valence-corrected chi connectivity index (χ4v) is 5.08. The average molecular weight is 448 g/mol. The van der Waals surface area contributed by atoms with Crippen molar-refractivity contribution in [3.63, 3.8) is 0 Å². The molecule has 1 aromatic carbocycles. The second-order valence-corrected chi connectivity index (χ2v) is 15.9. The lowest BCUT2D eigenvalue weighted by atomic mass is 9.88. The predicted octanol–water partition coefficient (Wildman–Crippen LogP) is 6.19. The fourth-order valence-electron chi connectivity index (χ4n) is 3.73. The van der Waals surface area contributed by atoms with Crippen molar-refractivity contribution < 1.29 is 18.7 Å². The van der Waals surface area contributed by atoms with Crippen LogP contribution in [0.15, 0.2) is 36.9 Å². The zero-order valence-electron chi connectivity index (χ0n) is 20.9. The number of carbonyl (C=O) groups is 1. The summed E-state index contributed by atoms with van der Waals surface area (Å²) >= 11 is 0. The maximum atomic E-state index is 13.2. The predicted molar refractivity (Wildman–Crippen MR) is 129 cm³/mol. The molecule has 0 aliphatic carbocycles. The summed E-state index contributed by atoms with van der Waals surface area (Å²) in [4.78, 5) is 15.1. The van der Waals surface area contributed by atoms with Crippen molar-refractivity contribution in [2.24, 2.45) is 0 Å². The van der Waals surface area contributed by atoms with Crippen molar-refractivity contribution in [1.82, 2.24) is 4.90 Å². The van der Waals surface area contributed by atoms with Crippen LogP contribution in [0.2, 0.25) is 18.1 Å². The molecule has 1 heterocycles. The largest absolute Gasteiger partial charge is 0.497 e. The SMILES string of the molecule is C=CC1(Cc2ccc(OC)cc2)C[C@@H](O[Si](C)(C)C(C)(C)C)CN1C(=O)OC(C)(C)C. The number of likely N-dealkylation sites (tertiary alicyclic amines) is 1. The number of methoxy groups -OCH3 is 1. The molecule has 174 valence electrons. The van der Waals surface area contributed by atoms with Crippen LogP contribution in [0.5, 0.6) is 5.75 Å². The van der Waals surface area contributed by atoms with Gasteiger partial charge in [-0.15, -0.1) is 6.58 Å². The Bertz CT molecular complexity index is 776. The topological polar surface area (TPSA) is 48.0 Å². The Kier molecular flexibility index (Phi) is 7.38. The van der Waals surface area contributed by atoms with Crippen LogP contribution in [0.3, 0.4) is 0 Å². The summed E-state index contributed by atoms with van der Waals surface area (Å²) in [5, 5.41) is 0.0964. The second-order valence-electron chi connectivity index (χ2n) is 11.1. The molecule has 0 bridgehead atoms. The molecule has 1 aromatic rings. The third-order valence-corrected chi connectivity index (χ3v) is 11.0. The monoisotopic (exact) mass is 447 g/mol. The molecule has 1 aliphatic heterocycles. The van der Waals surface area contributed by atoms with Gasteiger partial charge in [0.2, 0.25) is 0 Å². The number of ether oxygens (including phenoxy) is 2. The Morgan fingerprint density at radius 3 is 2.23 bits per heavy atom. The molecule has 5 nitrogen and oxygen atoms in total. The standard InChI is InChI=1S/C25H41NO4Si/c1-11-25(16-19-12-14-20(28-8)15-13-19)17-21(30-31(9,10)24(5,6)7)18-26(25)22(27)29-23(2,3)4/h11-15,21H,1,16-18H2,2-10H3/t21-,25?/m1/s1. The Morgan fingerprint density at radius 2 is 1.77 bits per heavy atom. The maximum absolute atomic E-state index is 13.2. The molecule has 1 unspecified atom stereocenters. The fraction of sp³-hybridized carbons (Fsp3) is 0.640. The van der Waals surface area contributed by atoms with Crippen molar-refractivity contribution >= 4 is 14.4 Å². The van der Waals surface area contributed by atoms with Crippen LogP contribution < -0.4 is 4.74 Å². The third-order valence-electron chi connectivity index (χ3n) is 6.44. The average Bonchev–Trinajstić information content (AvgIpc) is 2.98. The van der Waals surface area contributed by atoms with Crippen LogP contribution in [0.25, 0.3) is 0 Å². The van der Waals surface area contributed by atoms with E-state index in [0.29, 0.717) is 19.4 Å². The van der Waals surface area contributed by atoms with Gasteiger partial charge in [0.25, 0.3) is 0 Å². The highest BCUT2D eigenvalue weighted by Gasteiger charge is 2.50. The van der Waals surface area contributed by atoms with Gasteiger partial charge in [-0.3, -0.25) is 4.90 Å². The zero-order chi connectivity index (χ0) is 23.7. The summed E-state index contributed by atoms with van der Waals surface area (Å²) in [6.07, 6.45) is 2.88. The van der Waals surface area contributed by atoms with E-state index in [4.69, 9.17) is 13.9 Å². The van der Waals surface area contributed by atoms with E-state index in [1.54, 1.807) is 7.11 Å². The smallest absolute Gasteiger partial charge is 0.411 e. The number of nitrogens with zero attached hydrogens (tertiary/aromatic N) is 1. The summed E-state index contributed by atoms with van der Waals surface area (Å²) in [5.74, 6) is 0.811. The van der Waals surface area contributed by atoms with E-state index in [1.807, 2.05) is 56.0 Å². The van der Waals surface area contributed by atoms with E-state index in [-0.39, 0.29) is 17.2 Å². The first-order valence-corrected chi connectivity index (χ1v) is 14.0. The number of amides is 1. The molecule has 6 heteroatoms. The Hall–Kier alpha value is -1.79. The van der Waals surface area contributed by atoms with Gasteiger partial charge in [-0.25, -0.2) is 4.79 Å². The van der Waals surface area contributed by atoms with Crippen LogP contribution in [0.4, 0.5) is 4.79 Å². The van der Waals surface area contributed by atoms with Crippen LogP contribution in [-0.2, 0) is 15.6 Å².